The number of benzene rings is 2. The molecule has 0 N–H and O–H groups in total. The molecule has 1 heterocycles. The maximum absolute atomic E-state index is 13.1. The van der Waals surface area contributed by atoms with Gasteiger partial charge in [-0.3, -0.25) is 4.79 Å². The van der Waals surface area contributed by atoms with Crippen molar-refractivity contribution in [3.05, 3.63) is 71.3 Å². The van der Waals surface area contributed by atoms with Gasteiger partial charge in [-0.05, 0) is 55.0 Å². The molecule has 1 fully saturated rings. The zero-order valence-corrected chi connectivity index (χ0v) is 17.6. The van der Waals surface area contributed by atoms with Gasteiger partial charge in [-0.15, -0.1) is 0 Å². The van der Waals surface area contributed by atoms with E-state index in [1.807, 2.05) is 18.0 Å². The highest BCUT2D eigenvalue weighted by atomic mass is 16.2. The minimum absolute atomic E-state index is 0. The van der Waals surface area contributed by atoms with E-state index >= 15 is 0 Å². The summed E-state index contributed by atoms with van der Waals surface area (Å²) >= 11 is 0. The van der Waals surface area contributed by atoms with Crippen molar-refractivity contribution in [2.75, 3.05) is 26.7 Å². The Balaban J connectivity index is 0.00000300. The third-order valence-corrected chi connectivity index (χ3v) is 5.70. The Hall–Kier alpha value is -2.13. The van der Waals surface area contributed by atoms with Gasteiger partial charge < -0.3 is 9.80 Å². The van der Waals surface area contributed by atoms with Crippen LogP contribution in [0.5, 0.6) is 0 Å². The van der Waals surface area contributed by atoms with E-state index in [1.54, 1.807) is 0 Å². The summed E-state index contributed by atoms with van der Waals surface area (Å²) in [6, 6.07) is 19.1. The molecule has 0 saturated carbocycles. The fourth-order valence-electron chi connectivity index (χ4n) is 4.07. The molecule has 158 valence electrons. The van der Waals surface area contributed by atoms with Crippen molar-refractivity contribution in [2.24, 2.45) is 5.92 Å². The summed E-state index contributed by atoms with van der Waals surface area (Å²) in [6.07, 6.45) is 4.08. The lowest BCUT2D eigenvalue weighted by Gasteiger charge is -2.32. The molecular formula is C26H38N2O. The molecule has 0 bridgehead atoms. The van der Waals surface area contributed by atoms with Crippen molar-refractivity contribution in [3.63, 3.8) is 0 Å². The second-order valence-electron chi connectivity index (χ2n) is 8.53. The third kappa shape index (κ3) is 6.71. The van der Waals surface area contributed by atoms with Crippen molar-refractivity contribution in [2.45, 2.75) is 53.0 Å². The molecule has 3 heteroatoms. The zero-order valence-electron chi connectivity index (χ0n) is 17.6. The Labute approximate surface area is 177 Å². The second kappa shape index (κ2) is 11.2. The molecule has 0 radical (unpaired) electrons. The molecule has 2 aromatic carbocycles. The molecule has 0 aliphatic carbocycles. The summed E-state index contributed by atoms with van der Waals surface area (Å²) in [5, 5.41) is 0. The first kappa shape index (κ1) is 23.2. The molecule has 1 aliphatic heterocycles. The van der Waals surface area contributed by atoms with Crippen molar-refractivity contribution in [1.29, 1.82) is 0 Å². The highest BCUT2D eigenvalue weighted by Crippen LogP contribution is 2.24. The van der Waals surface area contributed by atoms with E-state index in [4.69, 9.17) is 0 Å². The number of hydrogen-bond acceptors (Lipinski definition) is 2. The Morgan fingerprint density at radius 1 is 0.966 bits per heavy atom. The number of likely N-dealkylation sites (N-methyl/N-ethyl adjacent to an activating group) is 1. The summed E-state index contributed by atoms with van der Waals surface area (Å²) in [7, 11) is 1.96. The Morgan fingerprint density at radius 2 is 1.55 bits per heavy atom. The fraction of sp³-hybridized carbons (Fsp3) is 0.500. The van der Waals surface area contributed by atoms with Gasteiger partial charge in [0, 0.05) is 13.6 Å². The highest BCUT2D eigenvalue weighted by Gasteiger charge is 2.25. The first-order chi connectivity index (χ1) is 13.5. The summed E-state index contributed by atoms with van der Waals surface area (Å²) < 4.78 is 0. The maximum atomic E-state index is 13.1. The summed E-state index contributed by atoms with van der Waals surface area (Å²) in [6.45, 7) is 7.66. The van der Waals surface area contributed by atoms with Gasteiger partial charge in [-0.1, -0.05) is 75.9 Å². The average Bonchev–Trinajstić information content (AvgIpc) is 3.20. The van der Waals surface area contributed by atoms with Gasteiger partial charge in [0.2, 0.25) is 5.91 Å². The van der Waals surface area contributed by atoms with Crippen LogP contribution in [0.15, 0.2) is 54.6 Å². The summed E-state index contributed by atoms with van der Waals surface area (Å²) in [5.41, 5.74) is 3.66. The largest absolute Gasteiger partial charge is 0.337 e. The van der Waals surface area contributed by atoms with Gasteiger partial charge in [0.05, 0.1) is 12.5 Å². The zero-order chi connectivity index (χ0) is 19.9. The standard InChI is InChI=1S/C25H34N2O.CH4/c1-20(2)17-21-11-13-22(14-12-21)18-25(28)26(3)24(19-27-15-7-8-16-27)23-9-5-4-6-10-23;/h4-6,9-14,20,24H,7-8,15-19H2,1-3H3;1H4. The van der Waals surface area contributed by atoms with Crippen LogP contribution in [0, 0.1) is 5.92 Å². The number of rotatable bonds is 8. The first-order valence-corrected chi connectivity index (χ1v) is 10.6. The van der Waals surface area contributed by atoms with E-state index in [1.165, 1.54) is 24.0 Å². The monoisotopic (exact) mass is 394 g/mol. The van der Waals surface area contributed by atoms with E-state index in [-0.39, 0.29) is 19.4 Å². The lowest BCUT2D eigenvalue weighted by molar-refractivity contribution is -0.131. The van der Waals surface area contributed by atoms with Crippen LogP contribution < -0.4 is 0 Å². The van der Waals surface area contributed by atoms with Crippen LogP contribution in [-0.2, 0) is 17.6 Å². The Kier molecular flexibility index (Phi) is 8.91. The summed E-state index contributed by atoms with van der Waals surface area (Å²) in [4.78, 5) is 17.5. The fourth-order valence-corrected chi connectivity index (χ4v) is 4.07. The van der Waals surface area contributed by atoms with Crippen LogP contribution in [0.4, 0.5) is 0 Å². The number of hydrogen-bond donors (Lipinski definition) is 0. The van der Waals surface area contributed by atoms with Crippen LogP contribution >= 0.6 is 0 Å². The quantitative estimate of drug-likeness (QED) is 0.602. The smallest absolute Gasteiger partial charge is 0.227 e. The van der Waals surface area contributed by atoms with Gasteiger partial charge >= 0.3 is 0 Å². The normalized spacial score (nSPS) is 15.2. The molecule has 0 spiro atoms. The molecular weight excluding hydrogens is 356 g/mol. The topological polar surface area (TPSA) is 23.6 Å². The minimum atomic E-state index is 0. The maximum Gasteiger partial charge on any atom is 0.227 e. The van der Waals surface area contributed by atoms with E-state index < -0.39 is 0 Å². The predicted molar refractivity (Wildman–Crippen MR) is 123 cm³/mol. The van der Waals surface area contributed by atoms with Crippen LogP contribution in [-0.4, -0.2) is 42.4 Å². The van der Waals surface area contributed by atoms with Gasteiger partial charge in [0.1, 0.15) is 0 Å². The molecule has 1 atom stereocenters. The SMILES string of the molecule is C.CC(C)Cc1ccc(CC(=O)N(C)C(CN2CCCC2)c2ccccc2)cc1. The Morgan fingerprint density at radius 3 is 2.14 bits per heavy atom. The van der Waals surface area contributed by atoms with Crippen molar-refractivity contribution < 1.29 is 4.79 Å². The number of amides is 1. The molecule has 1 amide bonds. The van der Waals surface area contributed by atoms with Crippen LogP contribution in [0.3, 0.4) is 0 Å². The van der Waals surface area contributed by atoms with E-state index in [0.29, 0.717) is 12.3 Å². The number of carbonyl (C=O) groups excluding carboxylic acids is 1. The molecule has 0 aromatic heterocycles. The van der Waals surface area contributed by atoms with E-state index in [9.17, 15) is 4.79 Å². The van der Waals surface area contributed by atoms with Gasteiger partial charge in [0.15, 0.2) is 0 Å². The number of nitrogens with zero attached hydrogens (tertiary/aromatic N) is 2. The Bertz CT molecular complexity index is 733. The van der Waals surface area contributed by atoms with Crippen LogP contribution in [0.2, 0.25) is 0 Å². The summed E-state index contributed by atoms with van der Waals surface area (Å²) in [5.74, 6) is 0.834. The molecule has 29 heavy (non-hydrogen) atoms. The molecule has 1 saturated heterocycles. The average molecular weight is 395 g/mol. The third-order valence-electron chi connectivity index (χ3n) is 5.70. The minimum Gasteiger partial charge on any atom is -0.337 e. The second-order valence-corrected chi connectivity index (χ2v) is 8.53. The lowest BCUT2D eigenvalue weighted by atomic mass is 10.0. The van der Waals surface area contributed by atoms with Crippen LogP contribution in [0.1, 0.15) is 56.8 Å². The van der Waals surface area contributed by atoms with Gasteiger partial charge in [0.25, 0.3) is 0 Å². The molecule has 3 rings (SSSR count). The number of likely N-dealkylation sites (tertiary alicyclic amines) is 1. The predicted octanol–water partition coefficient (Wildman–Crippen LogP) is 5.36. The van der Waals surface area contributed by atoms with Crippen molar-refractivity contribution >= 4 is 5.91 Å². The lowest BCUT2D eigenvalue weighted by Crippen LogP contribution is -2.39. The van der Waals surface area contributed by atoms with Gasteiger partial charge in [-0.25, -0.2) is 0 Å². The van der Waals surface area contributed by atoms with Crippen LogP contribution in [0.25, 0.3) is 0 Å². The van der Waals surface area contributed by atoms with Crippen molar-refractivity contribution in [1.82, 2.24) is 9.80 Å². The van der Waals surface area contributed by atoms with E-state index in [0.717, 1.165) is 31.6 Å². The molecule has 1 unspecified atom stereocenters. The molecule has 3 nitrogen and oxygen atoms in total. The number of carbonyl (C=O) groups is 1. The van der Waals surface area contributed by atoms with Crippen molar-refractivity contribution in [3.8, 4) is 0 Å². The van der Waals surface area contributed by atoms with Gasteiger partial charge in [-0.2, -0.15) is 0 Å². The van der Waals surface area contributed by atoms with E-state index in [2.05, 4.69) is 67.3 Å². The molecule has 2 aromatic rings. The first-order valence-electron chi connectivity index (χ1n) is 10.6. The molecule has 1 aliphatic rings. The highest BCUT2D eigenvalue weighted by molar-refractivity contribution is 5.79.